The number of para-hydroxylation sites is 2. The Balaban J connectivity index is 1.83. The van der Waals surface area contributed by atoms with Crippen molar-refractivity contribution in [3.63, 3.8) is 0 Å². The molecule has 1 aliphatic rings. The minimum absolute atomic E-state index is 0.154. The lowest BCUT2D eigenvalue weighted by atomic mass is 10.1. The van der Waals surface area contributed by atoms with Gasteiger partial charge in [-0.3, -0.25) is 5.43 Å². The SMILES string of the molecule is COc1ccccc1N=C1NN=C(c2cc(F)ccc2F)CS1. The van der Waals surface area contributed by atoms with Crippen LogP contribution in [0.25, 0.3) is 0 Å². The van der Waals surface area contributed by atoms with E-state index in [2.05, 4.69) is 15.5 Å². The standard InChI is InChI=1S/C16H13F2N3OS/c1-22-15-5-3-2-4-13(15)19-16-21-20-14(9-23-16)11-8-10(17)6-7-12(11)18/h2-8H,9H2,1H3,(H,19,21). The van der Waals surface area contributed by atoms with Crippen molar-refractivity contribution in [2.75, 3.05) is 12.9 Å². The van der Waals surface area contributed by atoms with E-state index in [9.17, 15) is 8.78 Å². The molecule has 0 saturated carbocycles. The van der Waals surface area contributed by atoms with Gasteiger partial charge in [-0.2, -0.15) is 5.10 Å². The lowest BCUT2D eigenvalue weighted by Crippen LogP contribution is -2.25. The van der Waals surface area contributed by atoms with Gasteiger partial charge in [-0.05, 0) is 30.3 Å². The lowest BCUT2D eigenvalue weighted by molar-refractivity contribution is 0.416. The number of aliphatic imine (C=N–C) groups is 1. The molecule has 0 aliphatic carbocycles. The maximum absolute atomic E-state index is 13.8. The van der Waals surface area contributed by atoms with Crippen molar-refractivity contribution in [2.45, 2.75) is 0 Å². The zero-order valence-electron chi connectivity index (χ0n) is 12.2. The van der Waals surface area contributed by atoms with Gasteiger partial charge >= 0.3 is 0 Å². The molecule has 4 nitrogen and oxygen atoms in total. The van der Waals surface area contributed by atoms with Crippen LogP contribution < -0.4 is 10.2 Å². The number of nitrogens with zero attached hydrogens (tertiary/aromatic N) is 2. The number of methoxy groups -OCH3 is 1. The zero-order valence-corrected chi connectivity index (χ0v) is 13.0. The van der Waals surface area contributed by atoms with Crippen molar-refractivity contribution < 1.29 is 13.5 Å². The van der Waals surface area contributed by atoms with Crippen LogP contribution in [0, 0.1) is 11.6 Å². The van der Waals surface area contributed by atoms with E-state index in [0.717, 1.165) is 18.2 Å². The number of thioether (sulfide) groups is 1. The number of benzene rings is 2. The second-order valence-electron chi connectivity index (χ2n) is 4.67. The molecule has 0 unspecified atom stereocenters. The normalized spacial score (nSPS) is 16.0. The quantitative estimate of drug-likeness (QED) is 0.931. The van der Waals surface area contributed by atoms with Crippen molar-refractivity contribution in [2.24, 2.45) is 10.1 Å². The zero-order chi connectivity index (χ0) is 16.2. The molecule has 2 aromatic carbocycles. The summed E-state index contributed by atoms with van der Waals surface area (Å²) in [6.07, 6.45) is 0. The molecule has 1 heterocycles. The third-order valence-electron chi connectivity index (χ3n) is 3.18. The number of nitrogens with one attached hydrogen (secondary N) is 1. The van der Waals surface area contributed by atoms with Gasteiger partial charge in [-0.1, -0.05) is 23.9 Å². The van der Waals surface area contributed by atoms with E-state index in [1.807, 2.05) is 24.3 Å². The number of hydrazone groups is 1. The Hall–Kier alpha value is -2.41. The van der Waals surface area contributed by atoms with E-state index >= 15 is 0 Å². The first-order chi connectivity index (χ1) is 11.2. The molecule has 0 radical (unpaired) electrons. The first-order valence-electron chi connectivity index (χ1n) is 6.80. The van der Waals surface area contributed by atoms with Gasteiger partial charge < -0.3 is 4.74 Å². The molecule has 1 N–H and O–H groups in total. The van der Waals surface area contributed by atoms with Gasteiger partial charge in [0.1, 0.15) is 23.1 Å². The lowest BCUT2D eigenvalue weighted by Gasteiger charge is -2.15. The van der Waals surface area contributed by atoms with E-state index in [-0.39, 0.29) is 5.56 Å². The second kappa shape index (κ2) is 6.78. The smallest absolute Gasteiger partial charge is 0.182 e. The molecule has 2 aromatic rings. The summed E-state index contributed by atoms with van der Waals surface area (Å²) < 4.78 is 32.3. The molecule has 0 spiro atoms. The number of amidine groups is 1. The molecule has 23 heavy (non-hydrogen) atoms. The number of ether oxygens (including phenoxy) is 1. The number of halogens is 2. The van der Waals surface area contributed by atoms with Crippen LogP contribution in [0.2, 0.25) is 0 Å². The van der Waals surface area contributed by atoms with Crippen molar-refractivity contribution >= 4 is 28.3 Å². The van der Waals surface area contributed by atoms with Crippen LogP contribution in [0.1, 0.15) is 5.56 Å². The maximum Gasteiger partial charge on any atom is 0.182 e. The highest BCUT2D eigenvalue weighted by molar-refractivity contribution is 8.14. The second-order valence-corrected chi connectivity index (χ2v) is 5.64. The van der Waals surface area contributed by atoms with Gasteiger partial charge in [0.2, 0.25) is 0 Å². The van der Waals surface area contributed by atoms with E-state index in [4.69, 9.17) is 4.74 Å². The fourth-order valence-corrected chi connectivity index (χ4v) is 2.83. The van der Waals surface area contributed by atoms with E-state index < -0.39 is 11.6 Å². The largest absolute Gasteiger partial charge is 0.494 e. The van der Waals surface area contributed by atoms with Gasteiger partial charge in [0, 0.05) is 11.3 Å². The molecule has 0 aromatic heterocycles. The molecule has 3 rings (SSSR count). The molecule has 7 heteroatoms. The van der Waals surface area contributed by atoms with Crippen LogP contribution in [0.15, 0.2) is 52.6 Å². The summed E-state index contributed by atoms with van der Waals surface area (Å²) in [6, 6.07) is 10.6. The van der Waals surface area contributed by atoms with Crippen LogP contribution in [0.5, 0.6) is 5.75 Å². The van der Waals surface area contributed by atoms with Crippen LogP contribution in [-0.4, -0.2) is 23.7 Å². The Morgan fingerprint density at radius 2 is 2.04 bits per heavy atom. The summed E-state index contributed by atoms with van der Waals surface area (Å²) in [5.41, 5.74) is 4.03. The van der Waals surface area contributed by atoms with E-state index in [1.165, 1.54) is 11.8 Å². The summed E-state index contributed by atoms with van der Waals surface area (Å²) in [4.78, 5) is 4.43. The summed E-state index contributed by atoms with van der Waals surface area (Å²) in [5.74, 6) is 0.0371. The molecule has 0 fully saturated rings. The van der Waals surface area contributed by atoms with Gasteiger partial charge in [0.05, 0.1) is 12.8 Å². The van der Waals surface area contributed by atoms with Gasteiger partial charge in [0.15, 0.2) is 5.17 Å². The van der Waals surface area contributed by atoms with Gasteiger partial charge in [-0.25, -0.2) is 13.8 Å². The van der Waals surface area contributed by atoms with E-state index in [1.54, 1.807) is 7.11 Å². The summed E-state index contributed by atoms with van der Waals surface area (Å²) >= 11 is 1.36. The van der Waals surface area contributed by atoms with Crippen LogP contribution >= 0.6 is 11.8 Å². The monoisotopic (exact) mass is 333 g/mol. The Morgan fingerprint density at radius 1 is 1.22 bits per heavy atom. The van der Waals surface area contributed by atoms with E-state index in [0.29, 0.717) is 28.1 Å². The Bertz CT molecular complexity index is 793. The predicted molar refractivity (Wildman–Crippen MR) is 88.6 cm³/mol. The first kappa shape index (κ1) is 15.5. The van der Waals surface area contributed by atoms with Gasteiger partial charge in [-0.15, -0.1) is 0 Å². The summed E-state index contributed by atoms with van der Waals surface area (Å²) in [7, 11) is 1.57. The molecular formula is C16H13F2N3OS. The highest BCUT2D eigenvalue weighted by Crippen LogP contribution is 2.28. The number of hydrogen-bond acceptors (Lipinski definition) is 4. The first-order valence-corrected chi connectivity index (χ1v) is 7.78. The Labute approximate surface area is 136 Å². The number of hydrogen-bond donors (Lipinski definition) is 1. The maximum atomic E-state index is 13.8. The third kappa shape index (κ3) is 3.50. The molecule has 0 saturated heterocycles. The average Bonchev–Trinajstić information content (AvgIpc) is 2.58. The van der Waals surface area contributed by atoms with Crippen LogP contribution in [0.3, 0.4) is 0 Å². The molecule has 0 bridgehead atoms. The summed E-state index contributed by atoms with van der Waals surface area (Å²) in [5, 5.41) is 4.67. The molecule has 1 aliphatic heterocycles. The highest BCUT2D eigenvalue weighted by Gasteiger charge is 2.17. The highest BCUT2D eigenvalue weighted by atomic mass is 32.2. The Morgan fingerprint density at radius 3 is 2.78 bits per heavy atom. The van der Waals surface area contributed by atoms with Crippen LogP contribution in [0.4, 0.5) is 14.5 Å². The average molecular weight is 333 g/mol. The number of rotatable bonds is 3. The topological polar surface area (TPSA) is 46.0 Å². The minimum atomic E-state index is -0.502. The van der Waals surface area contributed by atoms with Crippen molar-refractivity contribution in [1.29, 1.82) is 0 Å². The Kier molecular flexibility index (Phi) is 4.57. The molecule has 0 atom stereocenters. The third-order valence-corrected chi connectivity index (χ3v) is 4.05. The molecular weight excluding hydrogens is 320 g/mol. The summed E-state index contributed by atoms with van der Waals surface area (Å²) in [6.45, 7) is 0. The molecule has 0 amide bonds. The fraction of sp³-hybridized carbons (Fsp3) is 0.125. The van der Waals surface area contributed by atoms with Crippen LogP contribution in [-0.2, 0) is 0 Å². The fourth-order valence-electron chi connectivity index (χ4n) is 2.06. The van der Waals surface area contributed by atoms with Crippen molar-refractivity contribution in [3.05, 3.63) is 59.7 Å². The van der Waals surface area contributed by atoms with Crippen molar-refractivity contribution in [1.82, 2.24) is 5.43 Å². The molecule has 118 valence electrons. The van der Waals surface area contributed by atoms with Gasteiger partial charge in [0.25, 0.3) is 0 Å². The van der Waals surface area contributed by atoms with Crippen molar-refractivity contribution in [3.8, 4) is 5.75 Å². The predicted octanol–water partition coefficient (Wildman–Crippen LogP) is 3.70. The minimum Gasteiger partial charge on any atom is -0.494 e.